The first-order chi connectivity index (χ1) is 12.3. The molecular formula is C18H25N5O2. The Morgan fingerprint density at radius 3 is 2.96 bits per heavy atom. The Morgan fingerprint density at radius 1 is 1.40 bits per heavy atom. The summed E-state index contributed by atoms with van der Waals surface area (Å²) in [4.78, 5) is 18.6. The van der Waals surface area contributed by atoms with Crippen molar-refractivity contribution in [1.29, 1.82) is 0 Å². The number of ether oxygens (including phenoxy) is 1. The molecule has 1 saturated heterocycles. The highest BCUT2D eigenvalue weighted by molar-refractivity contribution is 5.74. The molecule has 0 saturated carbocycles. The number of nitrogens with one attached hydrogen (secondary N) is 1. The molecule has 1 aliphatic heterocycles. The predicted molar refractivity (Wildman–Crippen MR) is 94.0 cm³/mol. The number of amides is 2. The van der Waals surface area contributed by atoms with Crippen LogP contribution in [-0.2, 0) is 11.3 Å². The SMILES string of the molecule is CCC[C@H]1CN(C(=O)N[C@@H](Cn2cncn2)c2ccccc2)CCO1. The molecule has 0 unspecified atom stereocenters. The molecule has 2 aromatic rings. The van der Waals surface area contributed by atoms with Gasteiger partial charge in [0.2, 0.25) is 0 Å². The van der Waals surface area contributed by atoms with Crippen LogP contribution in [0.5, 0.6) is 0 Å². The maximum Gasteiger partial charge on any atom is 0.318 e. The van der Waals surface area contributed by atoms with Crippen LogP contribution < -0.4 is 5.32 Å². The number of nitrogens with zero attached hydrogens (tertiary/aromatic N) is 4. The number of rotatable bonds is 6. The van der Waals surface area contributed by atoms with Crippen molar-refractivity contribution < 1.29 is 9.53 Å². The quantitative estimate of drug-likeness (QED) is 0.873. The van der Waals surface area contributed by atoms with Crippen molar-refractivity contribution in [2.75, 3.05) is 19.7 Å². The van der Waals surface area contributed by atoms with E-state index in [-0.39, 0.29) is 18.2 Å². The largest absolute Gasteiger partial charge is 0.375 e. The number of urea groups is 1. The summed E-state index contributed by atoms with van der Waals surface area (Å²) in [5.41, 5.74) is 1.05. The number of hydrogen-bond acceptors (Lipinski definition) is 4. The van der Waals surface area contributed by atoms with Crippen LogP contribution in [0.4, 0.5) is 4.79 Å². The van der Waals surface area contributed by atoms with E-state index in [2.05, 4.69) is 22.3 Å². The van der Waals surface area contributed by atoms with E-state index >= 15 is 0 Å². The van der Waals surface area contributed by atoms with Crippen LogP contribution in [0.2, 0.25) is 0 Å². The zero-order valence-corrected chi connectivity index (χ0v) is 14.5. The second-order valence-corrected chi connectivity index (χ2v) is 6.26. The van der Waals surface area contributed by atoms with E-state index in [1.807, 2.05) is 35.2 Å². The van der Waals surface area contributed by atoms with E-state index in [0.717, 1.165) is 18.4 Å². The number of aromatic nitrogens is 3. The van der Waals surface area contributed by atoms with Gasteiger partial charge in [0.15, 0.2) is 0 Å². The van der Waals surface area contributed by atoms with Gasteiger partial charge in [0.25, 0.3) is 0 Å². The first kappa shape index (κ1) is 17.4. The molecule has 134 valence electrons. The fraction of sp³-hybridized carbons (Fsp3) is 0.500. The first-order valence-corrected chi connectivity index (χ1v) is 8.80. The maximum absolute atomic E-state index is 12.8. The maximum atomic E-state index is 12.8. The average molecular weight is 343 g/mol. The van der Waals surface area contributed by atoms with Crippen molar-refractivity contribution in [3.05, 3.63) is 48.5 Å². The van der Waals surface area contributed by atoms with E-state index in [9.17, 15) is 4.79 Å². The standard InChI is InChI=1S/C18H25N5O2/c1-2-6-16-11-22(9-10-25-16)18(24)21-17(12-23-14-19-13-20-23)15-7-4-3-5-8-15/h3-5,7-8,13-14,16-17H,2,6,9-12H2,1H3,(H,21,24)/t16-,17-/m0/s1. The molecular weight excluding hydrogens is 318 g/mol. The van der Waals surface area contributed by atoms with Crippen LogP contribution in [0, 0.1) is 0 Å². The summed E-state index contributed by atoms with van der Waals surface area (Å²) in [5.74, 6) is 0. The minimum absolute atomic E-state index is 0.0571. The smallest absolute Gasteiger partial charge is 0.318 e. The topological polar surface area (TPSA) is 72.3 Å². The molecule has 1 aliphatic rings. The highest BCUT2D eigenvalue weighted by atomic mass is 16.5. The Bertz CT molecular complexity index is 645. The highest BCUT2D eigenvalue weighted by Crippen LogP contribution is 2.16. The summed E-state index contributed by atoms with van der Waals surface area (Å²) >= 11 is 0. The lowest BCUT2D eigenvalue weighted by molar-refractivity contribution is -0.0185. The van der Waals surface area contributed by atoms with E-state index < -0.39 is 0 Å². The molecule has 1 N–H and O–H groups in total. The minimum atomic E-state index is -0.164. The lowest BCUT2D eigenvalue weighted by Gasteiger charge is -2.34. The van der Waals surface area contributed by atoms with Gasteiger partial charge in [-0.15, -0.1) is 0 Å². The Labute approximate surface area is 148 Å². The van der Waals surface area contributed by atoms with E-state index in [0.29, 0.717) is 26.2 Å². The second kappa shape index (κ2) is 8.62. The molecule has 25 heavy (non-hydrogen) atoms. The first-order valence-electron chi connectivity index (χ1n) is 8.80. The number of benzene rings is 1. The number of hydrogen-bond donors (Lipinski definition) is 1. The summed E-state index contributed by atoms with van der Waals surface area (Å²) in [6.07, 6.45) is 5.33. The Morgan fingerprint density at radius 2 is 2.24 bits per heavy atom. The molecule has 0 radical (unpaired) electrons. The van der Waals surface area contributed by atoms with Gasteiger partial charge < -0.3 is 15.0 Å². The summed E-state index contributed by atoms with van der Waals surface area (Å²) in [6.45, 7) is 4.53. The molecule has 2 atom stereocenters. The van der Waals surface area contributed by atoms with Crippen molar-refractivity contribution >= 4 is 6.03 Å². The van der Waals surface area contributed by atoms with Gasteiger partial charge in [0.1, 0.15) is 12.7 Å². The van der Waals surface area contributed by atoms with Crippen LogP contribution in [0.25, 0.3) is 0 Å². The Kier molecular flexibility index (Phi) is 6.00. The van der Waals surface area contributed by atoms with Gasteiger partial charge in [0, 0.05) is 13.1 Å². The molecule has 0 aliphatic carbocycles. The summed E-state index contributed by atoms with van der Waals surface area (Å²) in [5, 5.41) is 7.31. The number of morpholine rings is 1. The number of carbonyl (C=O) groups excluding carboxylic acids is 1. The summed E-state index contributed by atoms with van der Waals surface area (Å²) < 4.78 is 7.46. The summed E-state index contributed by atoms with van der Waals surface area (Å²) in [6, 6.07) is 9.72. The normalized spacial score (nSPS) is 18.8. The summed E-state index contributed by atoms with van der Waals surface area (Å²) in [7, 11) is 0. The fourth-order valence-corrected chi connectivity index (χ4v) is 3.07. The van der Waals surface area contributed by atoms with Crippen LogP contribution >= 0.6 is 0 Å². The molecule has 3 rings (SSSR count). The van der Waals surface area contributed by atoms with Crippen molar-refractivity contribution in [2.45, 2.75) is 38.5 Å². The minimum Gasteiger partial charge on any atom is -0.375 e. The van der Waals surface area contributed by atoms with Gasteiger partial charge in [-0.3, -0.25) is 4.68 Å². The zero-order valence-electron chi connectivity index (χ0n) is 14.5. The lowest BCUT2D eigenvalue weighted by Crippen LogP contribution is -2.50. The average Bonchev–Trinajstić information content (AvgIpc) is 3.15. The molecule has 7 heteroatoms. The lowest BCUT2D eigenvalue weighted by atomic mass is 10.1. The van der Waals surface area contributed by atoms with Gasteiger partial charge in [-0.1, -0.05) is 43.7 Å². The van der Waals surface area contributed by atoms with Crippen molar-refractivity contribution in [3.63, 3.8) is 0 Å². The molecule has 2 heterocycles. The molecule has 2 amide bonds. The molecule has 0 spiro atoms. The van der Waals surface area contributed by atoms with Gasteiger partial charge in [0.05, 0.1) is 25.3 Å². The molecule has 1 aromatic heterocycles. The van der Waals surface area contributed by atoms with Gasteiger partial charge in [-0.05, 0) is 12.0 Å². The second-order valence-electron chi connectivity index (χ2n) is 6.26. The van der Waals surface area contributed by atoms with Gasteiger partial charge in [-0.25, -0.2) is 9.78 Å². The molecule has 1 fully saturated rings. The van der Waals surface area contributed by atoms with Gasteiger partial charge in [-0.2, -0.15) is 5.10 Å². The highest BCUT2D eigenvalue weighted by Gasteiger charge is 2.25. The monoisotopic (exact) mass is 343 g/mol. The third-order valence-corrected chi connectivity index (χ3v) is 4.37. The molecule has 0 bridgehead atoms. The van der Waals surface area contributed by atoms with E-state index in [1.165, 1.54) is 6.33 Å². The predicted octanol–water partition coefficient (Wildman–Crippen LogP) is 2.23. The Hall–Kier alpha value is -2.41. The number of carbonyl (C=O) groups is 1. The van der Waals surface area contributed by atoms with Crippen LogP contribution in [-0.4, -0.2) is 51.5 Å². The van der Waals surface area contributed by atoms with Crippen molar-refractivity contribution in [2.24, 2.45) is 0 Å². The van der Waals surface area contributed by atoms with Crippen LogP contribution in [0.15, 0.2) is 43.0 Å². The van der Waals surface area contributed by atoms with Crippen molar-refractivity contribution in [1.82, 2.24) is 25.0 Å². The van der Waals surface area contributed by atoms with Crippen LogP contribution in [0.1, 0.15) is 31.4 Å². The van der Waals surface area contributed by atoms with Crippen molar-refractivity contribution in [3.8, 4) is 0 Å². The zero-order chi connectivity index (χ0) is 17.5. The fourth-order valence-electron chi connectivity index (χ4n) is 3.07. The third kappa shape index (κ3) is 4.79. The molecule has 7 nitrogen and oxygen atoms in total. The molecule has 1 aromatic carbocycles. The van der Waals surface area contributed by atoms with Crippen LogP contribution in [0.3, 0.4) is 0 Å². The Balaban J connectivity index is 1.67. The van der Waals surface area contributed by atoms with Gasteiger partial charge >= 0.3 is 6.03 Å². The van der Waals surface area contributed by atoms with E-state index in [1.54, 1.807) is 11.0 Å². The third-order valence-electron chi connectivity index (χ3n) is 4.37. The van der Waals surface area contributed by atoms with E-state index in [4.69, 9.17) is 4.74 Å².